The fraction of sp³-hybridized carbons (Fsp3) is 0.429. The molecule has 10 heterocycles. The van der Waals surface area contributed by atoms with E-state index in [1.54, 1.807) is 45.2 Å². The molecule has 2 amide bonds. The van der Waals surface area contributed by atoms with Crippen LogP contribution >= 0.6 is 11.6 Å². The maximum absolute atomic E-state index is 17.1. The number of H-pyrrole nitrogens is 2. The highest BCUT2D eigenvalue weighted by molar-refractivity contribution is 6.63. The van der Waals surface area contributed by atoms with Crippen molar-refractivity contribution in [2.24, 2.45) is 5.92 Å². The van der Waals surface area contributed by atoms with Gasteiger partial charge in [0.15, 0.2) is 23.1 Å². The van der Waals surface area contributed by atoms with E-state index in [1.807, 2.05) is 137 Å². The fourth-order valence-electron chi connectivity index (χ4n) is 13.6. The van der Waals surface area contributed by atoms with Gasteiger partial charge in [-0.05, 0) is 145 Å². The molecule has 5 aliphatic rings. The lowest BCUT2D eigenvalue weighted by molar-refractivity contribution is 0.0191. The van der Waals surface area contributed by atoms with Crippen molar-refractivity contribution in [3.63, 3.8) is 0 Å². The SMILES string of the molecule is CC1CC=c2[nH]ncc2=C1B(O)O.Cc1ccnc(C(C)C)c1-n1c(=O)nc2c3c(c(F)c(-c4c(C)ccc5[nH]ncc45)cc31)OC[C@H]1CN(C(=O)OC(C)(C)C)CCN21.Cc1ccnc(C(C)C)c1-n1c(=O)nc2c3c(c(F)c(Cl)cc31)OC[C@H]1CN(C(=O)OC(C)(C)C)CCN21. The molecule has 0 radical (unpaired) electrons. The highest BCUT2D eigenvalue weighted by atomic mass is 35.5. The van der Waals surface area contributed by atoms with Crippen molar-refractivity contribution in [1.82, 2.24) is 59.3 Å². The van der Waals surface area contributed by atoms with E-state index in [2.05, 4.69) is 40.3 Å². The van der Waals surface area contributed by atoms with E-state index in [0.717, 1.165) is 50.3 Å². The highest BCUT2D eigenvalue weighted by Crippen LogP contribution is 2.47. The van der Waals surface area contributed by atoms with Crippen LogP contribution in [-0.4, -0.2) is 164 Å². The Hall–Kier alpha value is -9.47. The summed E-state index contributed by atoms with van der Waals surface area (Å²) < 4.78 is 59.1. The van der Waals surface area contributed by atoms with E-state index in [1.165, 1.54) is 10.6 Å². The van der Waals surface area contributed by atoms with Gasteiger partial charge in [-0.3, -0.25) is 29.3 Å². The topological polar surface area (TPSA) is 277 Å². The number of pyridine rings is 2. The van der Waals surface area contributed by atoms with Crippen LogP contribution in [-0.2, 0) is 9.47 Å². The highest BCUT2D eigenvalue weighted by Gasteiger charge is 2.41. The minimum absolute atomic E-state index is 0.00918. The number of hydrogen-bond acceptors (Lipinski definition) is 18. The van der Waals surface area contributed by atoms with Crippen molar-refractivity contribution in [3.8, 4) is 34.0 Å². The van der Waals surface area contributed by atoms with Crippen molar-refractivity contribution >= 4 is 86.8 Å². The zero-order valence-electron chi connectivity index (χ0n) is 57.3. The number of anilines is 2. The average molecular weight is 1360 g/mol. The normalized spacial score (nSPS) is 17.4. The molecule has 3 aromatic carbocycles. The number of nitrogens with zero attached hydrogens (tertiary/aromatic N) is 12. The van der Waals surface area contributed by atoms with Crippen LogP contribution in [0.25, 0.3) is 66.8 Å². The largest absolute Gasteiger partial charge is 0.487 e. The molecule has 98 heavy (non-hydrogen) atoms. The van der Waals surface area contributed by atoms with Crippen molar-refractivity contribution < 1.29 is 47.4 Å². The van der Waals surface area contributed by atoms with Crippen molar-refractivity contribution in [2.45, 2.75) is 138 Å². The summed E-state index contributed by atoms with van der Waals surface area (Å²) in [5.41, 5.74) is 6.00. The van der Waals surface area contributed by atoms with E-state index in [4.69, 9.17) is 30.5 Å². The standard InChI is InChI=1S/C35H38FN7O4.C27H31ClFN5O4.C8H11BN2O2/c1-18(2)29-30(20(4)10-11-37-29)43-25-14-22(26-19(3)8-9-24-23(26)15-38-40-24)28(36)31-27(25)32(39-33(43)44)42-13-12-41(16-21(42)17-46-31)34(45)47-35(5,6)7;1-14(2)21-22(15(3)7-8-30-21)34-18-11-17(28)20(29)23-19(18)24(31-25(34)35)33-10-9-32(12-16(33)13-37-23)26(36)38-27(4,5)6;1-5-2-3-7-6(4-10-11-7)8(5)9(12)13/h8-11,14-15,18,21H,12-13,16-17H2,1-7H3,(H,38,40);7-8,11,14,16H,9-10,12-13H2,1-6H3;3-5,11-13H,2H2,1H3/t21-;16-;/m11./s1. The number of carbonyl (C=O) groups is 2. The molecule has 2 fully saturated rings. The number of halogens is 3. The molecule has 6 aromatic heterocycles. The quantitative estimate of drug-likeness (QED) is 0.113. The molecule has 0 bridgehead atoms. The Bertz CT molecular complexity index is 4930. The smallest absolute Gasteiger partial charge is 0.485 e. The Morgan fingerprint density at radius 2 is 1.19 bits per heavy atom. The van der Waals surface area contributed by atoms with Gasteiger partial charge in [0.1, 0.15) is 36.1 Å². The second-order valence-electron chi connectivity index (χ2n) is 28.1. The maximum atomic E-state index is 17.1. The van der Waals surface area contributed by atoms with E-state index >= 15 is 8.78 Å². The first-order valence-corrected chi connectivity index (χ1v) is 33.2. The number of rotatable bonds is 6. The Morgan fingerprint density at radius 3 is 1.69 bits per heavy atom. The number of aryl methyl sites for hydroxylation is 3. The number of aromatic nitrogens is 10. The van der Waals surface area contributed by atoms with Gasteiger partial charge in [0, 0.05) is 67.8 Å². The fourth-order valence-corrected chi connectivity index (χ4v) is 13.8. The molecule has 0 saturated carbocycles. The molecular weight excluding hydrogens is 1280 g/mol. The van der Waals surface area contributed by atoms with Gasteiger partial charge in [-0.25, -0.2) is 28.0 Å². The van der Waals surface area contributed by atoms with E-state index in [9.17, 15) is 29.2 Å². The predicted molar refractivity (Wildman–Crippen MR) is 371 cm³/mol. The molecular formula is C70H80BClF2N14O10. The van der Waals surface area contributed by atoms with Crippen molar-refractivity contribution in [1.29, 1.82) is 0 Å². The lowest BCUT2D eigenvalue weighted by Gasteiger charge is -2.41. The van der Waals surface area contributed by atoms with Gasteiger partial charge in [0.25, 0.3) is 0 Å². The number of piperazine rings is 2. The minimum atomic E-state index is -1.37. The van der Waals surface area contributed by atoms with Crippen LogP contribution in [0.3, 0.4) is 0 Å². The van der Waals surface area contributed by atoms with Crippen LogP contribution in [0.2, 0.25) is 5.02 Å². The summed E-state index contributed by atoms with van der Waals surface area (Å²) in [6.07, 6.45) is 8.73. The summed E-state index contributed by atoms with van der Waals surface area (Å²) in [5.74, 6) is -0.505. The van der Waals surface area contributed by atoms with E-state index < -0.39 is 59.6 Å². The van der Waals surface area contributed by atoms with Gasteiger partial charge in [-0.2, -0.15) is 20.2 Å². The van der Waals surface area contributed by atoms with Crippen LogP contribution in [0.4, 0.5) is 30.0 Å². The van der Waals surface area contributed by atoms with Gasteiger partial charge in [0.05, 0.1) is 84.9 Å². The molecule has 4 N–H and O–H groups in total. The van der Waals surface area contributed by atoms with Crippen molar-refractivity contribution in [3.05, 3.63) is 137 Å². The Labute approximate surface area is 569 Å². The molecule has 4 aliphatic heterocycles. The summed E-state index contributed by atoms with van der Waals surface area (Å²) >= 11 is 6.34. The summed E-state index contributed by atoms with van der Waals surface area (Å²) in [6.45, 7) is 28.7. The molecule has 14 rings (SSSR count). The first-order chi connectivity index (χ1) is 46.4. The second-order valence-corrected chi connectivity index (χ2v) is 28.5. The molecule has 1 aliphatic carbocycles. The molecule has 9 aromatic rings. The first-order valence-electron chi connectivity index (χ1n) is 32.8. The van der Waals surface area contributed by atoms with Gasteiger partial charge < -0.3 is 48.6 Å². The molecule has 2 saturated heterocycles. The summed E-state index contributed by atoms with van der Waals surface area (Å²) in [4.78, 5) is 79.2. The minimum Gasteiger partial charge on any atom is -0.487 e. The number of benzene rings is 3. The zero-order chi connectivity index (χ0) is 70.3. The third-order valence-electron chi connectivity index (χ3n) is 18.1. The first kappa shape index (κ1) is 68.5. The molecule has 24 nitrogen and oxygen atoms in total. The van der Waals surface area contributed by atoms with Gasteiger partial charge >= 0.3 is 30.7 Å². The summed E-state index contributed by atoms with van der Waals surface area (Å²) in [7, 11) is -1.37. The number of amides is 2. The van der Waals surface area contributed by atoms with Crippen LogP contribution in [0.1, 0.15) is 122 Å². The number of nitrogens with one attached hydrogen (secondary N) is 2. The molecule has 28 heteroatoms. The summed E-state index contributed by atoms with van der Waals surface area (Å²) in [5, 5.41) is 35.3. The third-order valence-corrected chi connectivity index (χ3v) is 18.4. The molecule has 514 valence electrons. The van der Waals surface area contributed by atoms with Gasteiger partial charge in [-0.1, -0.05) is 58.4 Å². The van der Waals surface area contributed by atoms with E-state index in [0.29, 0.717) is 87.7 Å². The van der Waals surface area contributed by atoms with Gasteiger partial charge in [0.2, 0.25) is 0 Å². The molecule has 1 unspecified atom stereocenters. The van der Waals surface area contributed by atoms with Crippen LogP contribution in [0, 0.1) is 38.3 Å². The predicted octanol–water partition coefficient (Wildman–Crippen LogP) is 9.24. The Balaban J connectivity index is 0.000000160. The average Bonchev–Trinajstić information content (AvgIpc) is 1.24. The number of hydrogen-bond donors (Lipinski definition) is 4. The van der Waals surface area contributed by atoms with Crippen LogP contribution < -0.4 is 41.2 Å². The number of ether oxygens (including phenoxy) is 4. The van der Waals surface area contributed by atoms with Crippen molar-refractivity contribution in [2.75, 3.05) is 62.3 Å². The van der Waals surface area contributed by atoms with E-state index in [-0.39, 0.29) is 72.2 Å². The Kier molecular flexibility index (Phi) is 18.5. The van der Waals surface area contributed by atoms with Gasteiger partial charge in [-0.15, -0.1) is 0 Å². The maximum Gasteiger partial charge on any atom is 0.485 e. The Morgan fingerprint density at radius 1 is 0.694 bits per heavy atom. The lowest BCUT2D eigenvalue weighted by atomic mass is 9.69. The number of aromatic amines is 2. The molecule has 3 atom stereocenters. The summed E-state index contributed by atoms with van der Waals surface area (Å²) in [6, 6.07) is 9.90. The van der Waals surface area contributed by atoms with Crippen LogP contribution in [0.15, 0.2) is 70.8 Å². The lowest BCUT2D eigenvalue weighted by Crippen LogP contribution is -2.57. The monoisotopic (exact) mass is 1360 g/mol. The number of carbonyl (C=O) groups excluding carboxylic acids is 2. The second kappa shape index (κ2) is 26.4. The molecule has 0 spiro atoms. The third kappa shape index (κ3) is 12.8. The number of fused-ring (bicyclic) bond motifs is 6. The van der Waals surface area contributed by atoms with Crippen LogP contribution in [0.5, 0.6) is 11.5 Å². The zero-order valence-corrected chi connectivity index (χ0v) is 58.1.